The van der Waals surface area contributed by atoms with Crippen molar-refractivity contribution in [3.05, 3.63) is 23.8 Å². The molecule has 18 heavy (non-hydrogen) atoms. The van der Waals surface area contributed by atoms with Crippen molar-refractivity contribution in [2.75, 3.05) is 13.1 Å². The van der Waals surface area contributed by atoms with Gasteiger partial charge in [-0.2, -0.15) is 0 Å². The van der Waals surface area contributed by atoms with Crippen molar-refractivity contribution in [2.24, 2.45) is 11.1 Å². The van der Waals surface area contributed by atoms with Gasteiger partial charge in [-0.25, -0.2) is 0 Å². The third-order valence-electron chi connectivity index (χ3n) is 3.50. The van der Waals surface area contributed by atoms with Gasteiger partial charge in [0.2, 0.25) is 0 Å². The first-order valence-corrected chi connectivity index (χ1v) is 6.07. The molecule has 1 aromatic rings. The maximum Gasteiger partial charge on any atom is 0.258 e. The molecule has 1 aromatic carbocycles. The Morgan fingerprint density at radius 1 is 1.33 bits per heavy atom. The van der Waals surface area contributed by atoms with Gasteiger partial charge in [-0.15, -0.1) is 0 Å². The lowest BCUT2D eigenvalue weighted by atomic mass is 10.0. The Hall–Kier alpha value is -1.75. The van der Waals surface area contributed by atoms with E-state index in [-0.39, 0.29) is 22.5 Å². The molecular weight excluding hydrogens is 232 g/mol. The minimum Gasteiger partial charge on any atom is -0.507 e. The van der Waals surface area contributed by atoms with Crippen molar-refractivity contribution in [3.63, 3.8) is 0 Å². The van der Waals surface area contributed by atoms with Crippen LogP contribution in [-0.4, -0.2) is 29.2 Å². The summed E-state index contributed by atoms with van der Waals surface area (Å²) in [6.45, 7) is 1.15. The third-order valence-corrected chi connectivity index (χ3v) is 3.50. The highest BCUT2D eigenvalue weighted by atomic mass is 16.3. The van der Waals surface area contributed by atoms with E-state index in [1.165, 1.54) is 18.2 Å². The molecule has 0 heterocycles. The van der Waals surface area contributed by atoms with Crippen LogP contribution in [0, 0.1) is 5.41 Å². The van der Waals surface area contributed by atoms with Crippen LogP contribution in [0.3, 0.4) is 0 Å². The van der Waals surface area contributed by atoms with E-state index in [9.17, 15) is 15.0 Å². The monoisotopic (exact) mass is 250 g/mol. The van der Waals surface area contributed by atoms with E-state index in [4.69, 9.17) is 5.73 Å². The van der Waals surface area contributed by atoms with E-state index < -0.39 is 5.91 Å². The summed E-state index contributed by atoms with van der Waals surface area (Å²) >= 11 is 0. The Bertz CT molecular complexity index is 435. The predicted molar refractivity (Wildman–Crippen MR) is 67.4 cm³/mol. The molecule has 98 valence electrons. The van der Waals surface area contributed by atoms with E-state index in [2.05, 4.69) is 5.32 Å². The van der Waals surface area contributed by atoms with E-state index in [1.54, 1.807) is 0 Å². The molecule has 0 bridgehead atoms. The SMILES string of the molecule is NCCC1(CNC(=O)c2c(O)cccc2O)CC1. The maximum absolute atomic E-state index is 11.9. The lowest BCUT2D eigenvalue weighted by Crippen LogP contribution is -2.31. The summed E-state index contributed by atoms with van der Waals surface area (Å²) in [5.41, 5.74) is 5.59. The van der Waals surface area contributed by atoms with Gasteiger partial charge in [0.1, 0.15) is 17.1 Å². The van der Waals surface area contributed by atoms with Crippen LogP contribution in [0.4, 0.5) is 0 Å². The molecule has 2 rings (SSSR count). The van der Waals surface area contributed by atoms with Crippen molar-refractivity contribution >= 4 is 5.91 Å². The van der Waals surface area contributed by atoms with Crippen molar-refractivity contribution in [3.8, 4) is 11.5 Å². The van der Waals surface area contributed by atoms with Gasteiger partial charge in [-0.05, 0) is 43.4 Å². The number of benzene rings is 1. The van der Waals surface area contributed by atoms with Crippen LogP contribution in [0.1, 0.15) is 29.6 Å². The number of carbonyl (C=O) groups excluding carboxylic acids is 1. The van der Waals surface area contributed by atoms with Gasteiger partial charge in [-0.1, -0.05) is 6.07 Å². The molecule has 0 saturated heterocycles. The molecule has 1 amide bonds. The molecule has 5 nitrogen and oxygen atoms in total. The normalized spacial score (nSPS) is 16.3. The zero-order chi connectivity index (χ0) is 13.2. The molecule has 1 aliphatic carbocycles. The minimum absolute atomic E-state index is 0.0685. The fourth-order valence-corrected chi connectivity index (χ4v) is 2.12. The van der Waals surface area contributed by atoms with Crippen LogP contribution in [0.15, 0.2) is 18.2 Å². The second-order valence-corrected chi connectivity index (χ2v) is 4.89. The molecule has 5 heteroatoms. The number of phenolic OH excluding ortho intramolecular Hbond substituents is 2. The van der Waals surface area contributed by atoms with Crippen LogP contribution in [-0.2, 0) is 0 Å². The summed E-state index contributed by atoms with van der Waals surface area (Å²) in [7, 11) is 0. The fourth-order valence-electron chi connectivity index (χ4n) is 2.12. The van der Waals surface area contributed by atoms with Crippen LogP contribution >= 0.6 is 0 Å². The summed E-state index contributed by atoms with van der Waals surface area (Å²) in [5, 5.41) is 21.9. The second-order valence-electron chi connectivity index (χ2n) is 4.89. The first-order chi connectivity index (χ1) is 8.58. The Morgan fingerprint density at radius 3 is 2.44 bits per heavy atom. The van der Waals surface area contributed by atoms with E-state index in [0.29, 0.717) is 13.1 Å². The van der Waals surface area contributed by atoms with Crippen LogP contribution in [0.25, 0.3) is 0 Å². The Morgan fingerprint density at radius 2 is 1.94 bits per heavy atom. The van der Waals surface area contributed by atoms with Crippen molar-refractivity contribution in [2.45, 2.75) is 19.3 Å². The predicted octanol–water partition coefficient (Wildman–Crippen LogP) is 0.957. The van der Waals surface area contributed by atoms with Gasteiger partial charge < -0.3 is 21.3 Å². The molecule has 0 spiro atoms. The fraction of sp³-hybridized carbons (Fsp3) is 0.462. The molecule has 0 unspecified atom stereocenters. The molecule has 1 saturated carbocycles. The van der Waals surface area contributed by atoms with Crippen LogP contribution in [0.2, 0.25) is 0 Å². The highest BCUT2D eigenvalue weighted by Crippen LogP contribution is 2.47. The quantitative estimate of drug-likeness (QED) is 0.626. The number of hydrogen-bond acceptors (Lipinski definition) is 4. The smallest absolute Gasteiger partial charge is 0.258 e. The lowest BCUT2D eigenvalue weighted by Gasteiger charge is -2.15. The molecule has 5 N–H and O–H groups in total. The van der Waals surface area contributed by atoms with E-state index >= 15 is 0 Å². The summed E-state index contributed by atoms with van der Waals surface area (Å²) in [6, 6.07) is 4.24. The largest absolute Gasteiger partial charge is 0.507 e. The molecule has 1 fully saturated rings. The molecule has 0 aliphatic heterocycles. The molecule has 1 aliphatic rings. The molecule has 0 atom stereocenters. The standard InChI is InChI=1S/C13H18N2O3/c14-7-6-13(4-5-13)8-15-12(18)11-9(16)2-1-3-10(11)17/h1-3,16-17H,4-8,14H2,(H,15,18). The van der Waals surface area contributed by atoms with E-state index in [0.717, 1.165) is 19.3 Å². The first-order valence-electron chi connectivity index (χ1n) is 6.07. The highest BCUT2D eigenvalue weighted by molar-refractivity contribution is 5.99. The van der Waals surface area contributed by atoms with Gasteiger partial charge >= 0.3 is 0 Å². The average Bonchev–Trinajstić information content (AvgIpc) is 3.07. The van der Waals surface area contributed by atoms with Gasteiger partial charge in [-0.3, -0.25) is 4.79 Å². The Kier molecular flexibility index (Phi) is 3.43. The second kappa shape index (κ2) is 4.86. The summed E-state index contributed by atoms with van der Waals surface area (Å²) in [4.78, 5) is 11.9. The zero-order valence-corrected chi connectivity index (χ0v) is 10.1. The van der Waals surface area contributed by atoms with Crippen LogP contribution < -0.4 is 11.1 Å². The van der Waals surface area contributed by atoms with Crippen molar-refractivity contribution < 1.29 is 15.0 Å². The number of carbonyl (C=O) groups is 1. The number of nitrogens with one attached hydrogen (secondary N) is 1. The topological polar surface area (TPSA) is 95.6 Å². The zero-order valence-electron chi connectivity index (χ0n) is 10.1. The van der Waals surface area contributed by atoms with Gasteiger partial charge in [0.05, 0.1) is 0 Å². The van der Waals surface area contributed by atoms with Crippen LogP contribution in [0.5, 0.6) is 11.5 Å². The van der Waals surface area contributed by atoms with Gasteiger partial charge in [0.25, 0.3) is 5.91 Å². The summed E-state index contributed by atoms with van der Waals surface area (Å²) in [6.07, 6.45) is 3.02. The summed E-state index contributed by atoms with van der Waals surface area (Å²) < 4.78 is 0. The average molecular weight is 250 g/mol. The molecule has 0 aromatic heterocycles. The van der Waals surface area contributed by atoms with Crippen molar-refractivity contribution in [1.29, 1.82) is 0 Å². The lowest BCUT2D eigenvalue weighted by molar-refractivity contribution is 0.0938. The number of aromatic hydroxyl groups is 2. The van der Waals surface area contributed by atoms with E-state index in [1.807, 2.05) is 0 Å². The van der Waals surface area contributed by atoms with Gasteiger partial charge in [0, 0.05) is 6.54 Å². The summed E-state index contributed by atoms with van der Waals surface area (Å²) in [5.74, 6) is -0.874. The van der Waals surface area contributed by atoms with Gasteiger partial charge in [0.15, 0.2) is 0 Å². The molecular formula is C13H18N2O3. The number of hydrogen-bond donors (Lipinski definition) is 4. The Balaban J connectivity index is 2.00. The number of amides is 1. The van der Waals surface area contributed by atoms with Crippen molar-refractivity contribution in [1.82, 2.24) is 5.32 Å². The Labute approximate surface area is 106 Å². The first kappa shape index (κ1) is 12.7. The number of nitrogens with two attached hydrogens (primary N) is 1. The minimum atomic E-state index is -0.450. The third kappa shape index (κ3) is 2.56. The maximum atomic E-state index is 11.9. The number of rotatable bonds is 5. The number of phenols is 2. The highest BCUT2D eigenvalue weighted by Gasteiger charge is 2.41. The molecule has 0 radical (unpaired) electrons.